The molecular formula is C23H25ClO3. The number of aliphatic carboxylic acids is 1. The van der Waals surface area contributed by atoms with Gasteiger partial charge in [-0.2, -0.15) is 0 Å². The minimum atomic E-state index is -0.783. The van der Waals surface area contributed by atoms with Crippen molar-refractivity contribution in [1.82, 2.24) is 0 Å². The largest absolute Gasteiger partial charge is 0.493 e. The summed E-state index contributed by atoms with van der Waals surface area (Å²) in [5.41, 5.74) is 3.79. The van der Waals surface area contributed by atoms with E-state index >= 15 is 0 Å². The van der Waals surface area contributed by atoms with Crippen LogP contribution < -0.4 is 4.74 Å². The quantitative estimate of drug-likeness (QED) is 0.600. The molecule has 1 unspecified atom stereocenters. The Morgan fingerprint density at radius 2 is 1.81 bits per heavy atom. The van der Waals surface area contributed by atoms with Gasteiger partial charge in [-0.25, -0.2) is 0 Å². The van der Waals surface area contributed by atoms with Gasteiger partial charge in [-0.15, -0.1) is 0 Å². The van der Waals surface area contributed by atoms with Gasteiger partial charge in [-0.05, 0) is 61.3 Å². The molecule has 1 atom stereocenters. The average Bonchev–Trinajstić information content (AvgIpc) is 3.53. The highest BCUT2D eigenvalue weighted by molar-refractivity contribution is 6.33. The summed E-state index contributed by atoms with van der Waals surface area (Å²) in [4.78, 5) is 11.9. The molecule has 0 saturated heterocycles. The van der Waals surface area contributed by atoms with E-state index < -0.39 is 11.9 Å². The van der Waals surface area contributed by atoms with Crippen molar-refractivity contribution in [2.45, 2.75) is 44.9 Å². The molecule has 0 amide bonds. The maximum absolute atomic E-state index is 11.9. The van der Waals surface area contributed by atoms with E-state index in [1.807, 2.05) is 31.2 Å². The molecule has 27 heavy (non-hydrogen) atoms. The van der Waals surface area contributed by atoms with Crippen molar-refractivity contribution in [2.75, 3.05) is 6.61 Å². The second-order valence-corrected chi connectivity index (χ2v) is 8.47. The molecule has 2 aromatic rings. The van der Waals surface area contributed by atoms with E-state index in [-0.39, 0.29) is 0 Å². The third kappa shape index (κ3) is 4.47. The summed E-state index contributed by atoms with van der Waals surface area (Å²) < 4.78 is 6.14. The van der Waals surface area contributed by atoms with Gasteiger partial charge >= 0.3 is 5.97 Å². The predicted molar refractivity (Wildman–Crippen MR) is 108 cm³/mol. The number of carbonyl (C=O) groups is 1. The first-order valence-electron chi connectivity index (χ1n) is 9.77. The van der Waals surface area contributed by atoms with E-state index in [2.05, 4.69) is 12.1 Å². The van der Waals surface area contributed by atoms with E-state index in [1.165, 1.54) is 18.4 Å². The molecule has 4 rings (SSSR count). The van der Waals surface area contributed by atoms with Crippen LogP contribution in [0.2, 0.25) is 5.02 Å². The van der Waals surface area contributed by atoms with Crippen LogP contribution >= 0.6 is 11.6 Å². The number of halogens is 1. The fraction of sp³-hybridized carbons (Fsp3) is 0.435. The van der Waals surface area contributed by atoms with Gasteiger partial charge in [-0.1, -0.05) is 54.3 Å². The summed E-state index contributed by atoms with van der Waals surface area (Å²) in [7, 11) is 0. The van der Waals surface area contributed by atoms with Crippen LogP contribution in [0, 0.1) is 18.8 Å². The van der Waals surface area contributed by atoms with Gasteiger partial charge in [0.05, 0.1) is 17.5 Å². The highest BCUT2D eigenvalue weighted by Crippen LogP contribution is 2.44. The third-order valence-electron chi connectivity index (χ3n) is 5.55. The van der Waals surface area contributed by atoms with E-state index in [1.54, 1.807) is 0 Å². The lowest BCUT2D eigenvalue weighted by molar-refractivity contribution is -0.139. The van der Waals surface area contributed by atoms with Crippen LogP contribution in [0.3, 0.4) is 0 Å². The van der Waals surface area contributed by atoms with E-state index in [4.69, 9.17) is 16.3 Å². The molecule has 0 radical (unpaired) electrons. The number of hydrogen-bond donors (Lipinski definition) is 1. The molecule has 0 aromatic heterocycles. The summed E-state index contributed by atoms with van der Waals surface area (Å²) >= 11 is 6.67. The van der Waals surface area contributed by atoms with Gasteiger partial charge < -0.3 is 9.84 Å². The Balaban J connectivity index is 1.72. The van der Waals surface area contributed by atoms with Crippen LogP contribution in [-0.4, -0.2) is 17.7 Å². The average molecular weight is 385 g/mol. The molecule has 2 saturated carbocycles. The van der Waals surface area contributed by atoms with Crippen LogP contribution in [-0.2, 0) is 4.79 Å². The van der Waals surface area contributed by atoms with Gasteiger partial charge in [0.2, 0.25) is 0 Å². The highest BCUT2D eigenvalue weighted by atomic mass is 35.5. The molecule has 2 aliphatic rings. The second kappa shape index (κ2) is 7.55. The lowest BCUT2D eigenvalue weighted by Crippen LogP contribution is -2.13. The number of benzene rings is 2. The van der Waals surface area contributed by atoms with Gasteiger partial charge in [0.15, 0.2) is 0 Å². The Morgan fingerprint density at radius 1 is 1.15 bits per heavy atom. The first-order valence-corrected chi connectivity index (χ1v) is 10.1. The molecule has 0 spiro atoms. The molecular weight excluding hydrogens is 360 g/mol. The monoisotopic (exact) mass is 384 g/mol. The van der Waals surface area contributed by atoms with Crippen LogP contribution in [0.4, 0.5) is 0 Å². The maximum Gasteiger partial charge on any atom is 0.310 e. The predicted octanol–water partition coefficient (Wildman–Crippen LogP) is 6.07. The van der Waals surface area contributed by atoms with Gasteiger partial charge in [-0.3, -0.25) is 4.79 Å². The minimum Gasteiger partial charge on any atom is -0.493 e. The van der Waals surface area contributed by atoms with E-state index in [0.717, 1.165) is 29.5 Å². The minimum absolute atomic E-state index is 0.523. The highest BCUT2D eigenvalue weighted by Gasteiger charge is 2.31. The first-order chi connectivity index (χ1) is 13.0. The van der Waals surface area contributed by atoms with Crippen molar-refractivity contribution in [3.8, 4) is 16.9 Å². The maximum atomic E-state index is 11.9. The Bertz CT molecular complexity index is 835. The molecule has 2 aliphatic carbocycles. The molecule has 0 aliphatic heterocycles. The molecule has 1 N–H and O–H groups in total. The summed E-state index contributed by atoms with van der Waals surface area (Å²) in [6, 6.07) is 11.9. The lowest BCUT2D eigenvalue weighted by Gasteiger charge is -2.19. The number of rotatable bonds is 8. The SMILES string of the molecule is Cc1ccc(-c2c(Cl)cc(C(CC3CC3)C(=O)O)cc2OCC2CC2)cc1. The van der Waals surface area contributed by atoms with Crippen molar-refractivity contribution in [1.29, 1.82) is 0 Å². The molecule has 0 heterocycles. The normalized spacial score (nSPS) is 17.6. The molecule has 2 fully saturated rings. The van der Waals surface area contributed by atoms with Crippen molar-refractivity contribution >= 4 is 17.6 Å². The topological polar surface area (TPSA) is 46.5 Å². The summed E-state index contributed by atoms with van der Waals surface area (Å²) in [6.07, 6.45) is 5.34. The Labute approximate surface area is 165 Å². The molecule has 4 heteroatoms. The van der Waals surface area contributed by atoms with E-state index in [0.29, 0.717) is 35.6 Å². The fourth-order valence-corrected chi connectivity index (χ4v) is 3.80. The first kappa shape index (κ1) is 18.4. The smallest absolute Gasteiger partial charge is 0.310 e. The van der Waals surface area contributed by atoms with Gasteiger partial charge in [0.1, 0.15) is 5.75 Å². The Kier molecular flexibility index (Phi) is 5.14. The Morgan fingerprint density at radius 3 is 2.41 bits per heavy atom. The van der Waals surface area contributed by atoms with Crippen LogP contribution in [0.15, 0.2) is 36.4 Å². The van der Waals surface area contributed by atoms with Crippen LogP contribution in [0.25, 0.3) is 11.1 Å². The molecule has 2 aromatic carbocycles. The van der Waals surface area contributed by atoms with E-state index in [9.17, 15) is 9.90 Å². The fourth-order valence-electron chi connectivity index (χ4n) is 3.48. The lowest BCUT2D eigenvalue weighted by atomic mass is 9.91. The second-order valence-electron chi connectivity index (χ2n) is 8.07. The van der Waals surface area contributed by atoms with Crippen LogP contribution in [0.5, 0.6) is 5.75 Å². The van der Waals surface area contributed by atoms with Crippen molar-refractivity contribution in [3.05, 3.63) is 52.5 Å². The molecule has 0 bridgehead atoms. The number of aryl methyl sites for hydroxylation is 1. The molecule has 3 nitrogen and oxygen atoms in total. The zero-order valence-electron chi connectivity index (χ0n) is 15.6. The zero-order valence-corrected chi connectivity index (χ0v) is 16.3. The molecule has 142 valence electrons. The van der Waals surface area contributed by atoms with Crippen molar-refractivity contribution < 1.29 is 14.6 Å². The number of ether oxygens (including phenoxy) is 1. The standard InChI is InChI=1S/C23H25ClO3/c1-14-2-8-17(9-3-14)22-20(24)11-18(12-21(22)27-13-16-6-7-16)19(23(25)26)10-15-4-5-15/h2-3,8-9,11-12,15-16,19H,4-7,10,13H2,1H3,(H,25,26). The number of carboxylic acids is 1. The summed E-state index contributed by atoms with van der Waals surface area (Å²) in [6.45, 7) is 2.72. The van der Waals surface area contributed by atoms with Gasteiger partial charge in [0.25, 0.3) is 0 Å². The number of carboxylic acid groups (broad SMARTS) is 1. The summed E-state index contributed by atoms with van der Waals surface area (Å²) in [5, 5.41) is 10.3. The zero-order chi connectivity index (χ0) is 19.0. The van der Waals surface area contributed by atoms with Gasteiger partial charge in [0, 0.05) is 5.56 Å². The number of hydrogen-bond acceptors (Lipinski definition) is 2. The van der Waals surface area contributed by atoms with Crippen molar-refractivity contribution in [3.63, 3.8) is 0 Å². The van der Waals surface area contributed by atoms with Crippen molar-refractivity contribution in [2.24, 2.45) is 11.8 Å². The van der Waals surface area contributed by atoms with Crippen LogP contribution in [0.1, 0.15) is 49.1 Å². The third-order valence-corrected chi connectivity index (χ3v) is 5.85. The summed E-state index contributed by atoms with van der Waals surface area (Å²) in [5.74, 6) is 0.535. The Hall–Kier alpha value is -2.00.